The normalized spacial score (nSPS) is 11.5. The number of thiophene rings is 1. The Morgan fingerprint density at radius 2 is 1.79 bits per heavy atom. The molecule has 7 nitrogen and oxygen atoms in total. The smallest absolute Gasteiger partial charge is 0.274 e. The highest BCUT2D eigenvalue weighted by Crippen LogP contribution is 2.37. The molecule has 170 valence electrons. The number of carbonyl (C=O) groups is 1. The number of halogens is 1. The van der Waals surface area contributed by atoms with Gasteiger partial charge in [0.1, 0.15) is 0 Å². The predicted octanol–water partition coefficient (Wildman–Crippen LogP) is 4.96. The van der Waals surface area contributed by atoms with Crippen molar-refractivity contribution >= 4 is 38.7 Å². The molecule has 0 saturated carbocycles. The number of para-hydroxylation sites is 1. The van der Waals surface area contributed by atoms with Crippen LogP contribution in [0.25, 0.3) is 26.7 Å². The third-order valence-corrected chi connectivity index (χ3v) is 7.56. The summed E-state index contributed by atoms with van der Waals surface area (Å²) in [6.07, 6.45) is 1.18. The fourth-order valence-electron chi connectivity index (χ4n) is 3.22. The van der Waals surface area contributed by atoms with E-state index in [9.17, 15) is 13.2 Å². The minimum Gasteiger partial charge on any atom is -0.274 e. The van der Waals surface area contributed by atoms with Crippen LogP contribution in [0.5, 0.6) is 0 Å². The Balaban J connectivity index is 1.83. The van der Waals surface area contributed by atoms with Crippen LogP contribution in [-0.4, -0.2) is 49.6 Å². The summed E-state index contributed by atoms with van der Waals surface area (Å²) in [7, 11) is -0.410. The first-order valence-electron chi connectivity index (χ1n) is 9.77. The maximum absolute atomic E-state index is 12.7. The first kappa shape index (κ1) is 23.2. The van der Waals surface area contributed by atoms with Crippen molar-refractivity contribution in [1.82, 2.24) is 14.8 Å². The first-order valence-corrected chi connectivity index (χ1v) is 12.9. The molecule has 0 atom stereocenters. The van der Waals surface area contributed by atoms with Gasteiger partial charge in [-0.25, -0.2) is 18.2 Å². The van der Waals surface area contributed by atoms with E-state index in [0.29, 0.717) is 16.4 Å². The molecule has 0 bridgehead atoms. The molecular weight excluding hydrogens is 482 g/mol. The molecule has 4 rings (SSSR count). The van der Waals surface area contributed by atoms with Gasteiger partial charge in [0.05, 0.1) is 33.3 Å². The number of carbonyl (C=O) groups excluding carboxylic acids is 1. The van der Waals surface area contributed by atoms with Crippen molar-refractivity contribution in [2.45, 2.75) is 4.90 Å². The largest absolute Gasteiger partial charge is 0.297 e. The van der Waals surface area contributed by atoms with Gasteiger partial charge in [0.15, 0.2) is 15.5 Å². The van der Waals surface area contributed by atoms with Gasteiger partial charge in [-0.2, -0.15) is 5.10 Å². The molecule has 33 heavy (non-hydrogen) atoms. The predicted molar refractivity (Wildman–Crippen MR) is 130 cm³/mol. The highest BCUT2D eigenvalue weighted by molar-refractivity contribution is 7.90. The maximum atomic E-state index is 12.7. The minimum absolute atomic E-state index is 0.197. The first-order chi connectivity index (χ1) is 15.7. The molecular formula is C23H20ClN3O4S2. The zero-order chi connectivity index (χ0) is 23.8. The van der Waals surface area contributed by atoms with E-state index in [1.807, 2.05) is 36.4 Å². The van der Waals surface area contributed by atoms with Crippen LogP contribution in [0.1, 0.15) is 10.5 Å². The van der Waals surface area contributed by atoms with Gasteiger partial charge in [0.25, 0.3) is 5.91 Å². The van der Waals surface area contributed by atoms with Crippen molar-refractivity contribution in [1.29, 1.82) is 0 Å². The van der Waals surface area contributed by atoms with Crippen LogP contribution in [0.4, 0.5) is 0 Å². The molecule has 10 heteroatoms. The molecule has 0 aliphatic heterocycles. The van der Waals surface area contributed by atoms with Gasteiger partial charge in [-0.15, -0.1) is 11.3 Å². The second-order valence-corrected chi connectivity index (χ2v) is 10.7. The third-order valence-electron chi connectivity index (χ3n) is 4.97. The molecule has 0 unspecified atom stereocenters. The average molecular weight is 502 g/mol. The Labute approximate surface area is 200 Å². The van der Waals surface area contributed by atoms with Crippen LogP contribution >= 0.6 is 22.9 Å². The summed E-state index contributed by atoms with van der Waals surface area (Å²) in [6, 6.07) is 19.5. The van der Waals surface area contributed by atoms with E-state index in [0.717, 1.165) is 20.4 Å². The molecule has 0 aliphatic rings. The van der Waals surface area contributed by atoms with Gasteiger partial charge in [0.2, 0.25) is 0 Å². The van der Waals surface area contributed by atoms with E-state index >= 15 is 0 Å². The van der Waals surface area contributed by atoms with Gasteiger partial charge in [-0.3, -0.25) is 9.63 Å². The molecule has 0 saturated heterocycles. The summed E-state index contributed by atoms with van der Waals surface area (Å²) in [5.74, 6) is -0.401. The third kappa shape index (κ3) is 4.72. The van der Waals surface area contributed by atoms with Crippen LogP contribution in [0, 0.1) is 0 Å². The number of rotatable bonds is 6. The number of hydrogen-bond acceptors (Lipinski definition) is 6. The lowest BCUT2D eigenvalue weighted by Crippen LogP contribution is -2.25. The molecule has 4 aromatic rings. The monoisotopic (exact) mass is 501 g/mol. The molecule has 0 fully saturated rings. The van der Waals surface area contributed by atoms with E-state index in [4.69, 9.17) is 16.4 Å². The fraction of sp³-hybridized carbons (Fsp3) is 0.130. The summed E-state index contributed by atoms with van der Waals surface area (Å²) >= 11 is 7.88. The molecule has 0 spiro atoms. The molecule has 2 aromatic carbocycles. The Hall–Kier alpha value is -2.98. The van der Waals surface area contributed by atoms with E-state index in [-0.39, 0.29) is 10.6 Å². The number of hydroxylamine groups is 2. The second kappa shape index (κ2) is 9.11. The zero-order valence-electron chi connectivity index (χ0n) is 18.0. The van der Waals surface area contributed by atoms with Gasteiger partial charge < -0.3 is 0 Å². The fourth-order valence-corrected chi connectivity index (χ4v) is 5.11. The Morgan fingerprint density at radius 1 is 1.06 bits per heavy atom. The van der Waals surface area contributed by atoms with Crippen LogP contribution in [0.2, 0.25) is 5.02 Å². The van der Waals surface area contributed by atoms with Crippen molar-refractivity contribution in [3.63, 3.8) is 0 Å². The van der Waals surface area contributed by atoms with E-state index in [2.05, 4.69) is 5.10 Å². The summed E-state index contributed by atoms with van der Waals surface area (Å²) in [4.78, 5) is 19.7. The van der Waals surface area contributed by atoms with Gasteiger partial charge in [0, 0.05) is 18.2 Å². The number of hydrogen-bond donors (Lipinski definition) is 0. The van der Waals surface area contributed by atoms with Crippen molar-refractivity contribution < 1.29 is 18.0 Å². The quantitative estimate of drug-likeness (QED) is 0.349. The van der Waals surface area contributed by atoms with Gasteiger partial charge in [-0.1, -0.05) is 35.9 Å². The molecule has 0 aliphatic carbocycles. The summed E-state index contributed by atoms with van der Waals surface area (Å²) in [5, 5.41) is 6.09. The molecule has 0 N–H and O–H groups in total. The topological polar surface area (TPSA) is 81.5 Å². The Morgan fingerprint density at radius 3 is 2.48 bits per heavy atom. The molecule has 0 radical (unpaired) electrons. The molecule has 1 amide bonds. The lowest BCUT2D eigenvalue weighted by molar-refractivity contribution is -0.0760. The molecule has 2 aromatic heterocycles. The number of benzene rings is 2. The van der Waals surface area contributed by atoms with E-state index in [1.54, 1.807) is 35.0 Å². The van der Waals surface area contributed by atoms with Gasteiger partial charge in [-0.05, 0) is 48.0 Å². The second-order valence-electron chi connectivity index (χ2n) is 7.23. The number of sulfone groups is 1. The lowest BCUT2D eigenvalue weighted by atomic mass is 10.2. The van der Waals surface area contributed by atoms with Crippen molar-refractivity contribution in [3.05, 3.63) is 77.4 Å². The van der Waals surface area contributed by atoms with Crippen molar-refractivity contribution in [3.8, 4) is 26.7 Å². The summed E-state index contributed by atoms with van der Waals surface area (Å²) in [6.45, 7) is 0. The number of amides is 1. The van der Waals surface area contributed by atoms with Crippen LogP contribution in [-0.2, 0) is 14.7 Å². The summed E-state index contributed by atoms with van der Waals surface area (Å²) < 4.78 is 25.5. The highest BCUT2D eigenvalue weighted by atomic mass is 35.5. The highest BCUT2D eigenvalue weighted by Gasteiger charge is 2.22. The van der Waals surface area contributed by atoms with Crippen LogP contribution in [0.3, 0.4) is 0 Å². The number of nitrogens with zero attached hydrogens (tertiary/aromatic N) is 3. The Kier molecular flexibility index (Phi) is 6.40. The molecule has 2 heterocycles. The number of aromatic nitrogens is 2. The van der Waals surface area contributed by atoms with Gasteiger partial charge >= 0.3 is 0 Å². The maximum Gasteiger partial charge on any atom is 0.297 e. The minimum atomic E-state index is -3.32. The van der Waals surface area contributed by atoms with Crippen LogP contribution < -0.4 is 0 Å². The summed E-state index contributed by atoms with van der Waals surface area (Å²) in [5.41, 5.74) is 2.28. The van der Waals surface area contributed by atoms with Crippen molar-refractivity contribution in [2.24, 2.45) is 0 Å². The SMILES string of the molecule is CON(C)C(=O)c1cc(-c2ccc(-c3cccc(S(C)(=O)=O)c3)s2)n(-c2ccccc2Cl)n1. The zero-order valence-corrected chi connectivity index (χ0v) is 20.4. The van der Waals surface area contributed by atoms with E-state index in [1.165, 1.54) is 31.8 Å². The van der Waals surface area contributed by atoms with E-state index < -0.39 is 15.7 Å². The van der Waals surface area contributed by atoms with Crippen molar-refractivity contribution in [2.75, 3.05) is 20.4 Å². The lowest BCUT2D eigenvalue weighted by Gasteiger charge is -2.11. The Bertz CT molecular complexity index is 1440. The average Bonchev–Trinajstić information content (AvgIpc) is 3.45. The standard InChI is InChI=1S/C23H20ClN3O4S2/c1-26(31-2)23(28)18-14-20(27(25-18)19-10-5-4-9-17(19)24)22-12-11-21(32-22)15-7-6-8-16(13-15)33(3,29)30/h4-14H,1-3H3. The van der Waals surface area contributed by atoms with Crippen LogP contribution in [0.15, 0.2) is 71.6 Å².